The second-order valence-electron chi connectivity index (χ2n) is 5.26. The number of carbonyl (C=O) groups excluding carboxylic acids is 1. The van der Waals surface area contributed by atoms with Crippen molar-refractivity contribution < 1.29 is 36.5 Å². The van der Waals surface area contributed by atoms with Crippen molar-refractivity contribution in [1.29, 1.82) is 0 Å². The van der Waals surface area contributed by atoms with Gasteiger partial charge in [-0.15, -0.1) is 11.3 Å². The molecule has 0 N–H and O–H groups in total. The molecule has 0 aliphatic rings. The molecule has 142 valence electrons. The molecule has 0 amide bonds. The van der Waals surface area contributed by atoms with Crippen molar-refractivity contribution in [2.45, 2.75) is 12.0 Å². The van der Waals surface area contributed by atoms with Crippen molar-refractivity contribution in [3.8, 4) is 5.75 Å². The van der Waals surface area contributed by atoms with Crippen molar-refractivity contribution in [3.05, 3.63) is 52.2 Å². The van der Waals surface area contributed by atoms with Crippen LogP contribution in [-0.4, -0.2) is 26.4 Å². The van der Waals surface area contributed by atoms with Gasteiger partial charge in [0.2, 0.25) is 13.2 Å². The summed E-state index contributed by atoms with van der Waals surface area (Å²) in [7, 11) is -2.04. The van der Waals surface area contributed by atoms with Gasteiger partial charge < -0.3 is 14.0 Å². The van der Waals surface area contributed by atoms with Crippen LogP contribution in [0.15, 0.2) is 41.8 Å². The smallest absolute Gasteiger partial charge is 0.416 e. The first-order valence-corrected chi connectivity index (χ1v) is 10.3. The molecular formula is C16H16F3O5PS. The van der Waals surface area contributed by atoms with E-state index in [-0.39, 0.29) is 5.75 Å². The zero-order valence-electron chi connectivity index (χ0n) is 13.9. The molecule has 1 aromatic heterocycles. The first-order valence-electron chi connectivity index (χ1n) is 7.29. The molecule has 0 aliphatic heterocycles. The molecule has 0 saturated carbocycles. The van der Waals surface area contributed by atoms with E-state index in [4.69, 9.17) is 14.0 Å². The van der Waals surface area contributed by atoms with Gasteiger partial charge >= 0.3 is 12.1 Å². The standard InChI is InChI=1S/C16H16F3O5PS/c1-22-25(2,21)15(13-7-4-8-26-13)24-14(20)10-23-12-6-3-5-11(9-12)16(17,18)19/h3-9,15H,10H2,1-2H3. The number of hydrogen-bond donors (Lipinski definition) is 0. The largest absolute Gasteiger partial charge is 0.482 e. The lowest BCUT2D eigenvalue weighted by atomic mass is 10.2. The van der Waals surface area contributed by atoms with Crippen LogP contribution in [0.2, 0.25) is 0 Å². The number of alkyl halides is 3. The highest BCUT2D eigenvalue weighted by Gasteiger charge is 2.34. The van der Waals surface area contributed by atoms with Crippen molar-refractivity contribution >= 4 is 24.7 Å². The molecule has 2 unspecified atom stereocenters. The number of ether oxygens (including phenoxy) is 2. The molecule has 0 radical (unpaired) electrons. The van der Waals surface area contributed by atoms with Gasteiger partial charge in [-0.05, 0) is 29.6 Å². The number of hydrogen-bond acceptors (Lipinski definition) is 6. The van der Waals surface area contributed by atoms with Gasteiger partial charge in [0.15, 0.2) is 6.61 Å². The number of thiophene rings is 1. The first kappa shape index (κ1) is 20.5. The zero-order valence-corrected chi connectivity index (χ0v) is 15.6. The maximum atomic E-state index is 12.7. The van der Waals surface area contributed by atoms with Crippen LogP contribution in [-0.2, 0) is 24.8 Å². The highest BCUT2D eigenvalue weighted by Crippen LogP contribution is 2.57. The fraction of sp³-hybridized carbons (Fsp3) is 0.312. The van der Waals surface area contributed by atoms with Crippen LogP contribution < -0.4 is 4.74 Å². The molecule has 0 aliphatic carbocycles. The Morgan fingerprint density at radius 1 is 1.27 bits per heavy atom. The van der Waals surface area contributed by atoms with Gasteiger partial charge in [0.05, 0.1) is 10.4 Å². The maximum absolute atomic E-state index is 12.7. The average molecular weight is 408 g/mol. The van der Waals surface area contributed by atoms with E-state index >= 15 is 0 Å². The summed E-state index contributed by atoms with van der Waals surface area (Å²) in [6.45, 7) is 0.700. The van der Waals surface area contributed by atoms with E-state index < -0.39 is 37.5 Å². The van der Waals surface area contributed by atoms with Gasteiger partial charge in [0.25, 0.3) is 0 Å². The summed E-state index contributed by atoms with van der Waals surface area (Å²) < 4.78 is 65.7. The molecular weight excluding hydrogens is 392 g/mol. The summed E-state index contributed by atoms with van der Waals surface area (Å²) in [5.41, 5.74) is -0.891. The minimum absolute atomic E-state index is 0.129. The third kappa shape index (κ3) is 5.33. The van der Waals surface area contributed by atoms with Crippen molar-refractivity contribution in [1.82, 2.24) is 0 Å². The molecule has 5 nitrogen and oxygen atoms in total. The monoisotopic (exact) mass is 408 g/mol. The molecule has 0 bridgehead atoms. The summed E-state index contributed by atoms with van der Waals surface area (Å²) in [5, 5.41) is 1.73. The van der Waals surface area contributed by atoms with Gasteiger partial charge in [-0.1, -0.05) is 12.1 Å². The van der Waals surface area contributed by atoms with Crippen molar-refractivity contribution in [2.24, 2.45) is 0 Å². The summed E-state index contributed by atoms with van der Waals surface area (Å²) in [6, 6.07) is 7.48. The van der Waals surface area contributed by atoms with E-state index in [2.05, 4.69) is 0 Å². The number of benzene rings is 1. The second kappa shape index (κ2) is 8.24. The molecule has 10 heteroatoms. The van der Waals surface area contributed by atoms with Gasteiger partial charge in [-0.25, -0.2) is 4.79 Å². The Labute approximate surface area is 152 Å². The van der Waals surface area contributed by atoms with Crippen LogP contribution in [0.5, 0.6) is 5.75 Å². The van der Waals surface area contributed by atoms with Gasteiger partial charge in [0, 0.05) is 13.8 Å². The predicted octanol–water partition coefficient (Wildman–Crippen LogP) is 4.94. The number of esters is 1. The average Bonchev–Trinajstić information content (AvgIpc) is 3.11. The third-order valence-corrected chi connectivity index (χ3v) is 6.39. The lowest BCUT2D eigenvalue weighted by Gasteiger charge is -2.22. The van der Waals surface area contributed by atoms with Crippen LogP contribution in [0.3, 0.4) is 0 Å². The molecule has 0 spiro atoms. The Bertz CT molecular complexity index is 791. The second-order valence-corrected chi connectivity index (χ2v) is 8.89. The molecule has 0 saturated heterocycles. The fourth-order valence-electron chi connectivity index (χ4n) is 1.98. The highest BCUT2D eigenvalue weighted by molar-refractivity contribution is 7.58. The van der Waals surface area contributed by atoms with E-state index in [0.717, 1.165) is 12.1 Å². The lowest BCUT2D eigenvalue weighted by molar-refractivity contribution is -0.148. The predicted molar refractivity (Wildman–Crippen MR) is 90.6 cm³/mol. The van der Waals surface area contributed by atoms with E-state index in [1.165, 1.54) is 37.2 Å². The Morgan fingerprint density at radius 3 is 2.58 bits per heavy atom. The van der Waals surface area contributed by atoms with Crippen LogP contribution in [0.4, 0.5) is 13.2 Å². The summed E-state index contributed by atoms with van der Waals surface area (Å²) in [6.07, 6.45) is -4.52. The maximum Gasteiger partial charge on any atom is 0.416 e. The van der Waals surface area contributed by atoms with Gasteiger partial charge in [-0.3, -0.25) is 4.57 Å². The number of rotatable bonds is 7. The topological polar surface area (TPSA) is 61.8 Å². The number of halogens is 3. The normalized spacial score (nSPS) is 15.1. The molecule has 2 rings (SSSR count). The van der Waals surface area contributed by atoms with E-state index in [1.54, 1.807) is 17.5 Å². The summed E-state index contributed by atoms with van der Waals surface area (Å²) in [5.74, 6) is -2.11. The van der Waals surface area contributed by atoms with Crippen LogP contribution in [0.25, 0.3) is 0 Å². The molecule has 2 aromatic rings. The summed E-state index contributed by atoms with van der Waals surface area (Å²) >= 11 is 1.24. The molecule has 1 heterocycles. The van der Waals surface area contributed by atoms with Gasteiger partial charge in [0.1, 0.15) is 5.75 Å². The van der Waals surface area contributed by atoms with Gasteiger partial charge in [-0.2, -0.15) is 13.2 Å². The van der Waals surface area contributed by atoms with E-state index in [9.17, 15) is 22.5 Å². The Balaban J connectivity index is 2.04. The molecule has 2 atom stereocenters. The molecule has 26 heavy (non-hydrogen) atoms. The minimum Gasteiger partial charge on any atom is -0.482 e. The lowest BCUT2D eigenvalue weighted by Crippen LogP contribution is -2.18. The number of carbonyl (C=O) groups is 1. The highest BCUT2D eigenvalue weighted by atomic mass is 32.1. The van der Waals surface area contributed by atoms with E-state index in [0.29, 0.717) is 4.88 Å². The van der Waals surface area contributed by atoms with Crippen molar-refractivity contribution in [3.63, 3.8) is 0 Å². The Kier molecular flexibility index (Phi) is 6.49. The molecule has 1 aromatic carbocycles. The zero-order chi connectivity index (χ0) is 19.4. The quantitative estimate of drug-likeness (QED) is 0.480. The van der Waals surface area contributed by atoms with Crippen LogP contribution in [0.1, 0.15) is 16.3 Å². The van der Waals surface area contributed by atoms with Crippen LogP contribution in [0, 0.1) is 0 Å². The fourth-order valence-corrected chi connectivity index (χ4v) is 4.42. The Morgan fingerprint density at radius 2 is 2.00 bits per heavy atom. The van der Waals surface area contributed by atoms with Crippen molar-refractivity contribution in [2.75, 3.05) is 20.4 Å². The van der Waals surface area contributed by atoms with Crippen LogP contribution >= 0.6 is 18.7 Å². The summed E-state index contributed by atoms with van der Waals surface area (Å²) in [4.78, 5) is 12.6. The first-order chi connectivity index (χ1) is 12.1. The minimum atomic E-state index is -4.52. The Hall–Kier alpha value is -1.83. The SMILES string of the molecule is COP(C)(=O)C(OC(=O)COc1cccc(C(F)(F)F)c1)c1cccs1. The molecule has 0 fully saturated rings. The van der Waals surface area contributed by atoms with E-state index in [1.807, 2.05) is 0 Å². The third-order valence-electron chi connectivity index (χ3n) is 3.34.